The Morgan fingerprint density at radius 1 is 1.32 bits per heavy atom. The Hall–Kier alpha value is -2.22. The van der Waals surface area contributed by atoms with Crippen molar-refractivity contribution in [2.24, 2.45) is 26.2 Å². The van der Waals surface area contributed by atoms with Gasteiger partial charge in [0.1, 0.15) is 4.90 Å². The number of fused-ring (bicyclic) bond motifs is 3. The molecule has 7 nitrogen and oxygen atoms in total. The molecule has 2 bridgehead atoms. The van der Waals surface area contributed by atoms with Crippen LogP contribution in [0.2, 0.25) is 0 Å². The summed E-state index contributed by atoms with van der Waals surface area (Å²) in [7, 11) is -2.04. The average Bonchev–Trinajstić information content (AvgIpc) is 3.11. The molecule has 0 aromatic heterocycles. The number of hydrogen-bond acceptors (Lipinski definition) is 5. The number of nitrogens with zero attached hydrogens (tertiary/aromatic N) is 3. The Labute approximate surface area is 166 Å². The van der Waals surface area contributed by atoms with Gasteiger partial charge in [0, 0.05) is 23.7 Å². The summed E-state index contributed by atoms with van der Waals surface area (Å²) in [6.07, 6.45) is 3.25. The molecule has 1 aromatic carbocycles. The standard InChI is InChI=1S/C20H26N4O3S/c1-19(2)13-9-10-20(19,3)16(11-13)21-22-17(25)12-24(4)18-14-7-5-6-8-15(14)28(26,27)23-18/h5-8,13H,9-12H2,1-4H3,(H,22,25)/b21-16-/t13-,20+/m0/s1. The molecule has 3 aliphatic rings. The van der Waals surface area contributed by atoms with E-state index in [1.54, 1.807) is 30.1 Å². The first-order valence-corrected chi connectivity index (χ1v) is 11.0. The summed E-state index contributed by atoms with van der Waals surface area (Å²) in [5.74, 6) is 0.612. The van der Waals surface area contributed by atoms with Gasteiger partial charge in [-0.15, -0.1) is 4.40 Å². The van der Waals surface area contributed by atoms with E-state index in [0.717, 1.165) is 18.6 Å². The average molecular weight is 403 g/mol. The molecular weight excluding hydrogens is 376 g/mol. The SMILES string of the molecule is CN(CC(=O)N/N=C1/C[C@@H]2CC[C@@]1(C)C2(C)C)C1=NS(=O)(=O)c2ccccc21. The maximum absolute atomic E-state index is 12.4. The van der Waals surface area contributed by atoms with Crippen molar-refractivity contribution in [1.29, 1.82) is 0 Å². The second-order valence-corrected chi connectivity index (χ2v) is 10.4. The Bertz CT molecular complexity index is 1010. The lowest BCUT2D eigenvalue weighted by atomic mass is 9.70. The summed E-state index contributed by atoms with van der Waals surface area (Å²) in [5.41, 5.74) is 4.49. The predicted octanol–water partition coefficient (Wildman–Crippen LogP) is 2.39. The molecule has 2 saturated carbocycles. The molecule has 1 N–H and O–H groups in total. The van der Waals surface area contributed by atoms with Gasteiger partial charge in [-0.3, -0.25) is 4.79 Å². The molecule has 1 aromatic rings. The number of rotatable bonds is 3. The topological polar surface area (TPSA) is 91.2 Å². The van der Waals surface area contributed by atoms with Crippen LogP contribution < -0.4 is 5.43 Å². The van der Waals surface area contributed by atoms with Crippen molar-refractivity contribution >= 4 is 27.5 Å². The minimum atomic E-state index is -3.70. The van der Waals surface area contributed by atoms with Crippen LogP contribution in [0, 0.1) is 16.7 Å². The highest BCUT2D eigenvalue weighted by Gasteiger charge is 2.60. The van der Waals surface area contributed by atoms with Crippen LogP contribution in [0.25, 0.3) is 0 Å². The van der Waals surface area contributed by atoms with Crippen LogP contribution >= 0.6 is 0 Å². The first kappa shape index (κ1) is 19.1. The van der Waals surface area contributed by atoms with Gasteiger partial charge in [-0.05, 0) is 42.7 Å². The lowest BCUT2D eigenvalue weighted by Gasteiger charge is -2.34. The van der Waals surface area contributed by atoms with Crippen LogP contribution in [0.4, 0.5) is 0 Å². The van der Waals surface area contributed by atoms with E-state index in [0.29, 0.717) is 11.5 Å². The third kappa shape index (κ3) is 2.69. The number of sulfonamides is 1. The van der Waals surface area contributed by atoms with Gasteiger partial charge >= 0.3 is 0 Å². The Morgan fingerprint density at radius 3 is 2.68 bits per heavy atom. The van der Waals surface area contributed by atoms with E-state index in [9.17, 15) is 13.2 Å². The van der Waals surface area contributed by atoms with E-state index >= 15 is 0 Å². The molecule has 1 heterocycles. The maximum Gasteiger partial charge on any atom is 0.285 e. The molecule has 1 amide bonds. The van der Waals surface area contributed by atoms with Gasteiger partial charge in [0.2, 0.25) is 0 Å². The highest BCUT2D eigenvalue weighted by atomic mass is 32.2. The summed E-state index contributed by atoms with van der Waals surface area (Å²) in [4.78, 5) is 14.2. The zero-order chi connectivity index (χ0) is 20.3. The van der Waals surface area contributed by atoms with Crippen LogP contribution in [-0.2, 0) is 14.8 Å². The first-order valence-electron chi connectivity index (χ1n) is 9.58. The summed E-state index contributed by atoms with van der Waals surface area (Å²) in [6, 6.07) is 6.64. The van der Waals surface area contributed by atoms with Crippen molar-refractivity contribution in [2.75, 3.05) is 13.6 Å². The molecule has 1 aliphatic heterocycles. The fraction of sp³-hybridized carbons (Fsp3) is 0.550. The molecule has 28 heavy (non-hydrogen) atoms. The zero-order valence-corrected chi connectivity index (χ0v) is 17.5. The number of amidine groups is 1. The number of hydrogen-bond donors (Lipinski definition) is 1. The summed E-state index contributed by atoms with van der Waals surface area (Å²) in [5, 5.41) is 4.46. The third-order valence-electron chi connectivity index (χ3n) is 7.18. The van der Waals surface area contributed by atoms with Crippen LogP contribution in [0.3, 0.4) is 0 Å². The normalized spacial score (nSPS) is 30.2. The van der Waals surface area contributed by atoms with Crippen molar-refractivity contribution in [2.45, 2.75) is 44.9 Å². The monoisotopic (exact) mass is 402 g/mol. The lowest BCUT2D eigenvalue weighted by molar-refractivity contribution is -0.121. The number of nitrogens with one attached hydrogen (secondary N) is 1. The van der Waals surface area contributed by atoms with Crippen molar-refractivity contribution in [3.05, 3.63) is 29.8 Å². The van der Waals surface area contributed by atoms with Gasteiger partial charge in [0.25, 0.3) is 15.9 Å². The van der Waals surface area contributed by atoms with Crippen molar-refractivity contribution in [3.8, 4) is 0 Å². The predicted molar refractivity (Wildman–Crippen MR) is 108 cm³/mol. The van der Waals surface area contributed by atoms with E-state index in [1.807, 2.05) is 0 Å². The quantitative estimate of drug-likeness (QED) is 0.786. The van der Waals surface area contributed by atoms with E-state index < -0.39 is 10.0 Å². The van der Waals surface area contributed by atoms with E-state index in [1.165, 1.54) is 12.5 Å². The number of carbonyl (C=O) groups is 1. The largest absolute Gasteiger partial charge is 0.349 e. The van der Waals surface area contributed by atoms with E-state index in [2.05, 4.69) is 35.7 Å². The molecule has 8 heteroatoms. The molecule has 0 spiro atoms. The number of likely N-dealkylation sites (N-methyl/N-ethyl adjacent to an activating group) is 1. The molecular formula is C20H26N4O3S. The van der Waals surface area contributed by atoms with Crippen LogP contribution in [0.1, 0.15) is 45.6 Å². The number of hydrazone groups is 1. The molecule has 0 saturated heterocycles. The molecule has 0 unspecified atom stereocenters. The minimum absolute atomic E-state index is 0.0248. The fourth-order valence-corrected chi connectivity index (χ4v) is 6.17. The van der Waals surface area contributed by atoms with Gasteiger partial charge in [0.05, 0.1) is 6.54 Å². The second-order valence-electron chi connectivity index (χ2n) is 8.83. The van der Waals surface area contributed by atoms with Crippen LogP contribution in [0.5, 0.6) is 0 Å². The zero-order valence-electron chi connectivity index (χ0n) is 16.7. The summed E-state index contributed by atoms with van der Waals surface area (Å²) in [6.45, 7) is 6.80. The molecule has 2 atom stereocenters. The Morgan fingerprint density at radius 2 is 2.04 bits per heavy atom. The highest BCUT2D eigenvalue weighted by molar-refractivity contribution is 7.90. The van der Waals surface area contributed by atoms with Gasteiger partial charge in [-0.2, -0.15) is 13.5 Å². The van der Waals surface area contributed by atoms with Crippen molar-refractivity contribution in [3.63, 3.8) is 0 Å². The first-order chi connectivity index (χ1) is 13.1. The fourth-order valence-electron chi connectivity index (χ4n) is 4.92. The van der Waals surface area contributed by atoms with Gasteiger partial charge < -0.3 is 4.90 Å². The van der Waals surface area contributed by atoms with E-state index in [-0.39, 0.29) is 34.0 Å². The van der Waals surface area contributed by atoms with Crippen molar-refractivity contribution in [1.82, 2.24) is 10.3 Å². The Kier molecular flexibility index (Phi) is 4.19. The van der Waals surface area contributed by atoms with Gasteiger partial charge in [-0.25, -0.2) is 5.43 Å². The minimum Gasteiger partial charge on any atom is -0.349 e. The summed E-state index contributed by atoms with van der Waals surface area (Å²) >= 11 is 0. The molecule has 0 radical (unpaired) electrons. The Balaban J connectivity index is 1.46. The number of carbonyl (C=O) groups excluding carboxylic acids is 1. The van der Waals surface area contributed by atoms with Gasteiger partial charge in [0.15, 0.2) is 5.84 Å². The highest BCUT2D eigenvalue weighted by Crippen LogP contribution is 2.63. The smallest absolute Gasteiger partial charge is 0.285 e. The van der Waals surface area contributed by atoms with E-state index in [4.69, 9.17) is 0 Å². The molecule has 2 fully saturated rings. The number of benzene rings is 1. The molecule has 4 rings (SSSR count). The van der Waals surface area contributed by atoms with Crippen molar-refractivity contribution < 1.29 is 13.2 Å². The van der Waals surface area contributed by atoms with Crippen LogP contribution in [0.15, 0.2) is 38.7 Å². The van der Waals surface area contributed by atoms with Gasteiger partial charge in [-0.1, -0.05) is 32.9 Å². The third-order valence-corrected chi connectivity index (χ3v) is 8.51. The summed E-state index contributed by atoms with van der Waals surface area (Å²) < 4.78 is 28.2. The second kappa shape index (κ2) is 6.14. The molecule has 2 aliphatic carbocycles. The molecule has 150 valence electrons. The van der Waals surface area contributed by atoms with Crippen LogP contribution in [-0.4, -0.2) is 44.4 Å². The maximum atomic E-state index is 12.4. The lowest BCUT2D eigenvalue weighted by Crippen LogP contribution is -2.38. The number of amides is 1.